The zero-order chi connectivity index (χ0) is 16.3. The van der Waals surface area contributed by atoms with Crippen LogP contribution in [0.3, 0.4) is 0 Å². The number of nitrogens with two attached hydrogens (primary N) is 1. The van der Waals surface area contributed by atoms with Crippen LogP contribution in [0.25, 0.3) is 0 Å². The Kier molecular flexibility index (Phi) is 5.88. The van der Waals surface area contributed by atoms with Crippen LogP contribution in [0.4, 0.5) is 0 Å². The number of primary sulfonamides is 1. The summed E-state index contributed by atoms with van der Waals surface area (Å²) >= 11 is 0. The van der Waals surface area contributed by atoms with Crippen LogP contribution in [0.15, 0.2) is 29.2 Å². The molecule has 1 aromatic rings. The van der Waals surface area contributed by atoms with Crippen molar-refractivity contribution >= 4 is 20.2 Å². The number of hydrogen-bond acceptors (Lipinski definition) is 4. The van der Waals surface area contributed by atoms with Gasteiger partial charge in [0.25, 0.3) is 10.2 Å². The van der Waals surface area contributed by atoms with Crippen LogP contribution in [0.2, 0.25) is 0 Å². The lowest BCUT2D eigenvalue weighted by molar-refractivity contribution is 0.536. The first-order valence-electron chi connectivity index (χ1n) is 6.41. The molecule has 0 aliphatic heterocycles. The average Bonchev–Trinajstić information content (AvgIpc) is 2.35. The summed E-state index contributed by atoms with van der Waals surface area (Å²) < 4.78 is 51.1. The van der Waals surface area contributed by atoms with Gasteiger partial charge in [-0.3, -0.25) is 0 Å². The van der Waals surface area contributed by atoms with Crippen LogP contribution >= 0.6 is 0 Å². The fourth-order valence-corrected chi connectivity index (χ4v) is 3.39. The van der Waals surface area contributed by atoms with Crippen molar-refractivity contribution in [3.05, 3.63) is 29.8 Å². The third-order valence-electron chi connectivity index (χ3n) is 2.70. The van der Waals surface area contributed by atoms with Gasteiger partial charge in [0.2, 0.25) is 10.0 Å². The normalized spacial score (nSPS) is 14.3. The van der Waals surface area contributed by atoms with Crippen molar-refractivity contribution in [2.75, 3.05) is 6.54 Å². The van der Waals surface area contributed by atoms with Crippen molar-refractivity contribution < 1.29 is 16.8 Å². The van der Waals surface area contributed by atoms with E-state index in [4.69, 9.17) is 5.14 Å². The third-order valence-corrected chi connectivity index (χ3v) is 4.82. The molecular weight excluding hydrogens is 314 g/mol. The molecule has 1 rings (SSSR count). The molecule has 0 amide bonds. The highest BCUT2D eigenvalue weighted by Gasteiger charge is 2.17. The van der Waals surface area contributed by atoms with Gasteiger partial charge in [-0.1, -0.05) is 26.0 Å². The van der Waals surface area contributed by atoms with Gasteiger partial charge < -0.3 is 0 Å². The summed E-state index contributed by atoms with van der Waals surface area (Å²) in [5.41, 5.74) is 0.511. The molecule has 0 aliphatic rings. The fourth-order valence-electron chi connectivity index (χ4n) is 1.58. The van der Waals surface area contributed by atoms with Crippen molar-refractivity contribution in [1.82, 2.24) is 9.44 Å². The predicted molar refractivity (Wildman–Crippen MR) is 81.1 cm³/mol. The zero-order valence-corrected chi connectivity index (χ0v) is 13.8. The Hall–Kier alpha value is -1.00. The molecule has 120 valence electrons. The molecule has 0 saturated carbocycles. The van der Waals surface area contributed by atoms with Gasteiger partial charge in [-0.25, -0.2) is 18.3 Å². The minimum atomic E-state index is -3.82. The summed E-state index contributed by atoms with van der Waals surface area (Å²) in [6.45, 7) is 5.72. The maximum atomic E-state index is 11.8. The SMILES string of the molecule is CC(C)CNS(=O)(=O)NC(C)c1cccc(S(N)(=O)=O)c1. The van der Waals surface area contributed by atoms with Gasteiger partial charge in [0.1, 0.15) is 0 Å². The molecule has 9 heteroatoms. The Balaban J connectivity index is 2.87. The van der Waals surface area contributed by atoms with Crippen molar-refractivity contribution in [3.8, 4) is 0 Å². The monoisotopic (exact) mass is 335 g/mol. The van der Waals surface area contributed by atoms with E-state index in [1.807, 2.05) is 13.8 Å². The van der Waals surface area contributed by atoms with Gasteiger partial charge in [0, 0.05) is 12.6 Å². The Morgan fingerprint density at radius 3 is 2.29 bits per heavy atom. The lowest BCUT2D eigenvalue weighted by atomic mass is 10.1. The first-order valence-corrected chi connectivity index (χ1v) is 9.44. The average molecular weight is 335 g/mol. The molecule has 0 heterocycles. The molecule has 1 atom stereocenters. The molecule has 0 fully saturated rings. The van der Waals surface area contributed by atoms with Crippen LogP contribution < -0.4 is 14.6 Å². The maximum Gasteiger partial charge on any atom is 0.277 e. The van der Waals surface area contributed by atoms with Crippen molar-refractivity contribution in [1.29, 1.82) is 0 Å². The van der Waals surface area contributed by atoms with E-state index in [1.54, 1.807) is 13.0 Å². The van der Waals surface area contributed by atoms with Gasteiger partial charge in [0.05, 0.1) is 4.90 Å². The molecule has 21 heavy (non-hydrogen) atoms. The van der Waals surface area contributed by atoms with E-state index in [0.29, 0.717) is 12.1 Å². The first-order chi connectivity index (χ1) is 9.51. The molecule has 1 unspecified atom stereocenters. The van der Waals surface area contributed by atoms with E-state index in [2.05, 4.69) is 9.44 Å². The van der Waals surface area contributed by atoms with E-state index >= 15 is 0 Å². The van der Waals surface area contributed by atoms with E-state index in [-0.39, 0.29) is 10.8 Å². The summed E-state index contributed by atoms with van der Waals surface area (Å²) in [6, 6.07) is 5.27. The Morgan fingerprint density at radius 1 is 1.14 bits per heavy atom. The maximum absolute atomic E-state index is 11.8. The summed E-state index contributed by atoms with van der Waals surface area (Å²) in [6.07, 6.45) is 0. The van der Waals surface area contributed by atoms with Crippen LogP contribution in [-0.4, -0.2) is 23.4 Å². The van der Waals surface area contributed by atoms with Gasteiger partial charge in [-0.2, -0.15) is 13.1 Å². The van der Waals surface area contributed by atoms with Crippen molar-refractivity contribution in [2.45, 2.75) is 31.7 Å². The lowest BCUT2D eigenvalue weighted by Gasteiger charge is -2.16. The quantitative estimate of drug-likeness (QED) is 0.671. The molecule has 1 aromatic carbocycles. The number of nitrogens with one attached hydrogen (secondary N) is 2. The molecule has 0 bridgehead atoms. The van der Waals surface area contributed by atoms with Crippen LogP contribution in [0, 0.1) is 5.92 Å². The Morgan fingerprint density at radius 2 is 1.76 bits per heavy atom. The van der Waals surface area contributed by atoms with Gasteiger partial charge in [-0.05, 0) is 30.5 Å². The summed E-state index contributed by atoms with van der Waals surface area (Å²) in [5, 5.41) is 5.06. The first kappa shape index (κ1) is 18.1. The van der Waals surface area contributed by atoms with Crippen LogP contribution in [0.1, 0.15) is 32.4 Å². The molecule has 0 aromatic heterocycles. The molecule has 4 N–H and O–H groups in total. The van der Waals surface area contributed by atoms with Crippen molar-refractivity contribution in [2.24, 2.45) is 11.1 Å². The zero-order valence-electron chi connectivity index (χ0n) is 12.2. The molecule has 0 spiro atoms. The minimum absolute atomic E-state index is 0.0545. The second-order valence-corrected chi connectivity index (χ2v) is 8.30. The molecule has 7 nitrogen and oxygen atoms in total. The third kappa shape index (κ3) is 6.10. The summed E-state index contributed by atoms with van der Waals surface area (Å²) in [5.74, 6) is 0.183. The smallest absolute Gasteiger partial charge is 0.225 e. The van der Waals surface area contributed by atoms with Crippen LogP contribution in [-0.2, 0) is 20.2 Å². The lowest BCUT2D eigenvalue weighted by Crippen LogP contribution is -2.39. The van der Waals surface area contributed by atoms with E-state index in [9.17, 15) is 16.8 Å². The highest BCUT2D eigenvalue weighted by atomic mass is 32.2. The topological polar surface area (TPSA) is 118 Å². The second-order valence-electron chi connectivity index (χ2n) is 5.20. The number of rotatable bonds is 7. The van der Waals surface area contributed by atoms with Gasteiger partial charge in [0.15, 0.2) is 0 Å². The number of benzene rings is 1. The Labute approximate surface area is 126 Å². The van der Waals surface area contributed by atoms with E-state index in [0.717, 1.165) is 0 Å². The summed E-state index contributed by atoms with van der Waals surface area (Å²) in [7, 11) is -7.47. The standard InChI is InChI=1S/C12H21N3O4S2/c1-9(2)8-14-21(18,19)15-10(3)11-5-4-6-12(7-11)20(13,16)17/h4-7,9-10,14-15H,8H2,1-3H3,(H2,13,16,17). The fraction of sp³-hybridized carbons (Fsp3) is 0.500. The highest BCUT2D eigenvalue weighted by molar-refractivity contribution is 7.89. The molecule has 0 radical (unpaired) electrons. The number of sulfonamides is 1. The van der Waals surface area contributed by atoms with Gasteiger partial charge >= 0.3 is 0 Å². The second kappa shape index (κ2) is 6.84. The van der Waals surface area contributed by atoms with Crippen molar-refractivity contribution in [3.63, 3.8) is 0 Å². The Bertz CT molecular complexity index is 684. The molecule has 0 aliphatic carbocycles. The van der Waals surface area contributed by atoms with Gasteiger partial charge in [-0.15, -0.1) is 0 Å². The molecular formula is C12H21N3O4S2. The largest absolute Gasteiger partial charge is 0.277 e. The predicted octanol–water partition coefficient (Wildman–Crippen LogP) is 0.475. The molecule has 0 saturated heterocycles. The van der Waals surface area contributed by atoms with Crippen LogP contribution in [0.5, 0.6) is 0 Å². The van der Waals surface area contributed by atoms with E-state index < -0.39 is 26.3 Å². The minimum Gasteiger partial charge on any atom is -0.225 e. The number of hydrogen-bond donors (Lipinski definition) is 3. The highest BCUT2D eigenvalue weighted by Crippen LogP contribution is 2.17. The summed E-state index contributed by atoms with van der Waals surface area (Å²) in [4.78, 5) is -0.0545. The van der Waals surface area contributed by atoms with E-state index in [1.165, 1.54) is 18.2 Å².